The highest BCUT2D eigenvalue weighted by Crippen LogP contribution is 2.07. The second-order valence-electron chi connectivity index (χ2n) is 3.89. The zero-order valence-electron chi connectivity index (χ0n) is 9.52. The topological polar surface area (TPSA) is 60.7 Å². The minimum Gasteiger partial charge on any atom is -0.286 e. The lowest BCUT2D eigenvalue weighted by Crippen LogP contribution is -2.21. The van der Waals surface area contributed by atoms with Gasteiger partial charge in [0.25, 0.3) is 5.56 Å². The monoisotopic (exact) mass is 238 g/mol. The molecule has 0 saturated carbocycles. The number of hydrogen-bond donors (Lipinski definition) is 0. The molecule has 3 heterocycles. The van der Waals surface area contributed by atoms with Crippen LogP contribution in [0.4, 0.5) is 0 Å². The largest absolute Gasteiger partial charge is 0.286 e. The van der Waals surface area contributed by atoms with Crippen LogP contribution in [0.1, 0.15) is 5.56 Å². The molecule has 0 bridgehead atoms. The summed E-state index contributed by atoms with van der Waals surface area (Å²) in [6.45, 7) is 0.447. The van der Waals surface area contributed by atoms with Crippen molar-refractivity contribution in [1.29, 1.82) is 0 Å². The van der Waals surface area contributed by atoms with Gasteiger partial charge in [0, 0.05) is 18.6 Å². The van der Waals surface area contributed by atoms with Gasteiger partial charge in [-0.2, -0.15) is 0 Å². The molecule has 0 aliphatic rings. The van der Waals surface area contributed by atoms with Crippen LogP contribution in [-0.2, 0) is 6.54 Å². The van der Waals surface area contributed by atoms with Crippen LogP contribution >= 0.6 is 0 Å². The second-order valence-corrected chi connectivity index (χ2v) is 3.89. The summed E-state index contributed by atoms with van der Waals surface area (Å²) in [5.41, 5.74) is 2.10. The summed E-state index contributed by atoms with van der Waals surface area (Å²) >= 11 is 0. The Balaban J connectivity index is 2.16. The molecule has 0 atom stereocenters. The van der Waals surface area contributed by atoms with Crippen LogP contribution in [0.2, 0.25) is 0 Å². The fraction of sp³-hybridized carbons (Fsp3) is 0.0769. The Morgan fingerprint density at radius 2 is 1.94 bits per heavy atom. The zero-order valence-corrected chi connectivity index (χ0v) is 9.52. The van der Waals surface area contributed by atoms with Crippen molar-refractivity contribution in [2.24, 2.45) is 0 Å². The van der Waals surface area contributed by atoms with Crippen molar-refractivity contribution < 1.29 is 0 Å². The van der Waals surface area contributed by atoms with Crippen molar-refractivity contribution in [2.75, 3.05) is 0 Å². The molecule has 5 heteroatoms. The predicted molar refractivity (Wildman–Crippen MR) is 67.1 cm³/mol. The van der Waals surface area contributed by atoms with Crippen molar-refractivity contribution in [2.45, 2.75) is 6.54 Å². The predicted octanol–water partition coefficient (Wildman–Crippen LogP) is 1.23. The summed E-state index contributed by atoms with van der Waals surface area (Å²) in [6.07, 6.45) is 6.42. The molecule has 5 nitrogen and oxygen atoms in total. The molecular formula is C13H10N4O. The van der Waals surface area contributed by atoms with Crippen molar-refractivity contribution in [1.82, 2.24) is 19.5 Å². The molecule has 0 spiro atoms. The van der Waals surface area contributed by atoms with E-state index in [0.717, 1.165) is 5.56 Å². The molecule has 0 saturated heterocycles. The first-order valence-corrected chi connectivity index (χ1v) is 5.54. The number of hydrogen-bond acceptors (Lipinski definition) is 4. The van der Waals surface area contributed by atoms with Gasteiger partial charge in [-0.15, -0.1) is 0 Å². The van der Waals surface area contributed by atoms with E-state index in [1.54, 1.807) is 29.2 Å². The average molecular weight is 238 g/mol. The summed E-state index contributed by atoms with van der Waals surface area (Å²) in [7, 11) is 0. The minimum atomic E-state index is -0.162. The van der Waals surface area contributed by atoms with Gasteiger partial charge < -0.3 is 0 Å². The van der Waals surface area contributed by atoms with Crippen molar-refractivity contribution >= 4 is 11.2 Å². The zero-order chi connectivity index (χ0) is 12.4. The summed E-state index contributed by atoms with van der Waals surface area (Å²) < 4.78 is 1.60. The van der Waals surface area contributed by atoms with Crippen LogP contribution in [-0.4, -0.2) is 19.5 Å². The fourth-order valence-corrected chi connectivity index (χ4v) is 1.82. The van der Waals surface area contributed by atoms with Gasteiger partial charge in [0.1, 0.15) is 5.52 Å². The number of pyridine rings is 2. The lowest BCUT2D eigenvalue weighted by molar-refractivity contribution is 0.772. The first-order valence-electron chi connectivity index (χ1n) is 5.54. The van der Waals surface area contributed by atoms with Crippen molar-refractivity contribution in [3.63, 3.8) is 0 Å². The van der Waals surface area contributed by atoms with Gasteiger partial charge in [0.2, 0.25) is 0 Å². The lowest BCUT2D eigenvalue weighted by Gasteiger charge is -2.07. The Kier molecular flexibility index (Phi) is 2.57. The molecule has 0 radical (unpaired) electrons. The lowest BCUT2D eigenvalue weighted by atomic mass is 10.3. The van der Waals surface area contributed by atoms with Gasteiger partial charge in [0.15, 0.2) is 5.65 Å². The fourth-order valence-electron chi connectivity index (χ4n) is 1.82. The smallest absolute Gasteiger partial charge is 0.270 e. The molecule has 3 rings (SSSR count). The Morgan fingerprint density at radius 1 is 1.06 bits per heavy atom. The van der Waals surface area contributed by atoms with Crippen LogP contribution in [0.3, 0.4) is 0 Å². The van der Waals surface area contributed by atoms with E-state index in [2.05, 4.69) is 15.0 Å². The van der Waals surface area contributed by atoms with Gasteiger partial charge in [-0.25, -0.2) is 9.97 Å². The standard InChI is InChI=1S/C13H10N4O/c18-12-8-16-11-4-2-6-15-13(11)17(12)9-10-3-1-5-14-7-10/h1-8H,9H2. The molecule has 0 unspecified atom stereocenters. The Morgan fingerprint density at radius 3 is 2.78 bits per heavy atom. The molecular weight excluding hydrogens is 228 g/mol. The number of rotatable bonds is 2. The highest BCUT2D eigenvalue weighted by molar-refractivity contribution is 5.69. The molecule has 0 aliphatic heterocycles. The summed E-state index contributed by atoms with van der Waals surface area (Å²) in [5, 5.41) is 0. The molecule has 0 aromatic carbocycles. The van der Waals surface area contributed by atoms with E-state index in [9.17, 15) is 4.79 Å². The normalized spacial score (nSPS) is 10.7. The SMILES string of the molecule is O=c1cnc2cccnc2n1Cc1cccnc1. The quantitative estimate of drug-likeness (QED) is 0.673. The molecule has 0 aliphatic carbocycles. The first-order chi connectivity index (χ1) is 8.84. The molecule has 0 N–H and O–H groups in total. The summed E-state index contributed by atoms with van der Waals surface area (Å²) in [5.74, 6) is 0. The van der Waals surface area contributed by atoms with Gasteiger partial charge in [0.05, 0.1) is 12.7 Å². The number of nitrogens with zero attached hydrogens (tertiary/aromatic N) is 4. The van der Waals surface area contributed by atoms with Gasteiger partial charge in [-0.1, -0.05) is 6.07 Å². The van der Waals surface area contributed by atoms with Gasteiger partial charge in [-0.05, 0) is 23.8 Å². The molecule has 88 valence electrons. The minimum absolute atomic E-state index is 0.162. The summed E-state index contributed by atoms with van der Waals surface area (Å²) in [6, 6.07) is 7.40. The average Bonchev–Trinajstić information content (AvgIpc) is 2.43. The van der Waals surface area contributed by atoms with Gasteiger partial charge in [-0.3, -0.25) is 14.3 Å². The summed E-state index contributed by atoms with van der Waals surface area (Å²) in [4.78, 5) is 24.2. The molecule has 0 amide bonds. The van der Waals surface area contributed by atoms with Crippen molar-refractivity contribution in [3.05, 3.63) is 65.0 Å². The third kappa shape index (κ3) is 1.86. The second kappa shape index (κ2) is 4.37. The van der Waals surface area contributed by atoms with E-state index in [-0.39, 0.29) is 5.56 Å². The van der Waals surface area contributed by atoms with E-state index < -0.39 is 0 Å². The van der Waals surface area contributed by atoms with E-state index in [0.29, 0.717) is 17.7 Å². The first kappa shape index (κ1) is 10.6. The van der Waals surface area contributed by atoms with Crippen molar-refractivity contribution in [3.8, 4) is 0 Å². The number of aromatic nitrogens is 4. The van der Waals surface area contributed by atoms with E-state index in [1.807, 2.05) is 18.2 Å². The third-order valence-electron chi connectivity index (χ3n) is 2.67. The molecule has 3 aromatic heterocycles. The van der Waals surface area contributed by atoms with Gasteiger partial charge >= 0.3 is 0 Å². The maximum atomic E-state index is 11.9. The van der Waals surface area contributed by atoms with E-state index >= 15 is 0 Å². The van der Waals surface area contributed by atoms with Crippen LogP contribution in [0.25, 0.3) is 11.2 Å². The Labute approximate surface area is 103 Å². The Hall–Kier alpha value is -2.56. The Bertz CT molecular complexity index is 737. The van der Waals surface area contributed by atoms with Crippen LogP contribution in [0.5, 0.6) is 0 Å². The maximum Gasteiger partial charge on any atom is 0.270 e. The molecule has 18 heavy (non-hydrogen) atoms. The number of fused-ring (bicyclic) bond motifs is 1. The highest BCUT2D eigenvalue weighted by Gasteiger charge is 2.05. The van der Waals surface area contributed by atoms with E-state index in [4.69, 9.17) is 0 Å². The third-order valence-corrected chi connectivity index (χ3v) is 2.67. The molecule has 0 fully saturated rings. The maximum absolute atomic E-state index is 11.9. The van der Waals surface area contributed by atoms with Crippen LogP contribution < -0.4 is 5.56 Å². The van der Waals surface area contributed by atoms with Crippen LogP contribution in [0.15, 0.2) is 53.8 Å². The highest BCUT2D eigenvalue weighted by atomic mass is 16.1. The van der Waals surface area contributed by atoms with E-state index in [1.165, 1.54) is 6.20 Å². The van der Waals surface area contributed by atoms with Crippen LogP contribution in [0, 0.1) is 0 Å². The molecule has 3 aromatic rings.